The summed E-state index contributed by atoms with van der Waals surface area (Å²) in [5, 5.41) is 5.88. The first-order valence-electron chi connectivity index (χ1n) is 9.85. The van der Waals surface area contributed by atoms with Crippen LogP contribution >= 0.6 is 0 Å². The smallest absolute Gasteiger partial charge is 0.321 e. The minimum absolute atomic E-state index is 0.0384. The number of urea groups is 1. The highest BCUT2D eigenvalue weighted by molar-refractivity contribution is 5.98. The van der Waals surface area contributed by atoms with Crippen molar-refractivity contribution in [3.05, 3.63) is 65.2 Å². The lowest BCUT2D eigenvalue weighted by Crippen LogP contribution is -2.43. The van der Waals surface area contributed by atoms with Crippen molar-refractivity contribution in [3.8, 4) is 0 Å². The normalized spacial score (nSPS) is 17.8. The van der Waals surface area contributed by atoms with Gasteiger partial charge in [0.05, 0.1) is 0 Å². The first-order chi connectivity index (χ1) is 13.6. The molecule has 0 spiro atoms. The van der Waals surface area contributed by atoms with Crippen LogP contribution in [0.1, 0.15) is 28.4 Å². The number of carbonyl (C=O) groups is 2. The Labute approximate surface area is 165 Å². The Morgan fingerprint density at radius 2 is 1.96 bits per heavy atom. The molecule has 3 amide bonds. The topological polar surface area (TPSA) is 64.7 Å². The molecule has 0 radical (unpaired) electrons. The van der Waals surface area contributed by atoms with Gasteiger partial charge in [-0.25, -0.2) is 4.79 Å². The fourth-order valence-electron chi connectivity index (χ4n) is 3.98. The second-order valence-electron chi connectivity index (χ2n) is 7.56. The van der Waals surface area contributed by atoms with E-state index in [9.17, 15) is 9.59 Å². The van der Waals surface area contributed by atoms with Gasteiger partial charge in [0.2, 0.25) is 0 Å². The molecule has 146 valence electrons. The minimum Gasteiger partial charge on any atom is -0.348 e. The number of rotatable bonds is 5. The molecule has 1 atom stereocenters. The molecule has 2 aromatic rings. The highest BCUT2D eigenvalue weighted by Gasteiger charge is 2.22. The number of benzene rings is 2. The summed E-state index contributed by atoms with van der Waals surface area (Å²) in [4.78, 5) is 28.6. The monoisotopic (exact) mass is 378 g/mol. The number of hydrogen-bond acceptors (Lipinski definition) is 3. The average Bonchev–Trinajstić information content (AvgIpc) is 3.14. The summed E-state index contributed by atoms with van der Waals surface area (Å²) in [5.74, 6) is -0.105. The van der Waals surface area contributed by atoms with Gasteiger partial charge in [0, 0.05) is 50.0 Å². The summed E-state index contributed by atoms with van der Waals surface area (Å²) < 4.78 is 0. The van der Waals surface area contributed by atoms with Gasteiger partial charge in [0.25, 0.3) is 5.91 Å². The quantitative estimate of drug-likeness (QED) is 0.840. The lowest BCUT2D eigenvalue weighted by atomic mass is 9.99. The van der Waals surface area contributed by atoms with Crippen LogP contribution in [0.3, 0.4) is 0 Å². The van der Waals surface area contributed by atoms with Crippen LogP contribution in [0.4, 0.5) is 10.5 Å². The van der Waals surface area contributed by atoms with E-state index in [1.165, 1.54) is 11.1 Å². The van der Waals surface area contributed by atoms with Gasteiger partial charge in [-0.2, -0.15) is 0 Å². The van der Waals surface area contributed by atoms with Crippen LogP contribution in [0.15, 0.2) is 48.5 Å². The van der Waals surface area contributed by atoms with Crippen molar-refractivity contribution < 1.29 is 9.59 Å². The zero-order valence-corrected chi connectivity index (χ0v) is 16.1. The maximum absolute atomic E-state index is 12.7. The van der Waals surface area contributed by atoms with Crippen LogP contribution < -0.4 is 15.5 Å². The Kier molecular flexibility index (Phi) is 5.30. The number of nitrogens with one attached hydrogen (secondary N) is 2. The Morgan fingerprint density at radius 3 is 2.75 bits per heavy atom. The molecule has 2 aromatic carbocycles. The van der Waals surface area contributed by atoms with Crippen LogP contribution in [0, 0.1) is 0 Å². The number of nitrogens with zero attached hydrogens (tertiary/aromatic N) is 2. The van der Waals surface area contributed by atoms with Gasteiger partial charge in [-0.3, -0.25) is 14.6 Å². The van der Waals surface area contributed by atoms with Crippen LogP contribution in [-0.4, -0.2) is 49.1 Å². The van der Waals surface area contributed by atoms with Crippen LogP contribution in [0.5, 0.6) is 0 Å². The van der Waals surface area contributed by atoms with Gasteiger partial charge < -0.3 is 10.6 Å². The van der Waals surface area contributed by atoms with E-state index in [-0.39, 0.29) is 18.0 Å². The molecule has 2 heterocycles. The zero-order chi connectivity index (χ0) is 19.5. The maximum atomic E-state index is 12.7. The summed E-state index contributed by atoms with van der Waals surface area (Å²) >= 11 is 0. The van der Waals surface area contributed by atoms with E-state index in [4.69, 9.17) is 0 Å². The highest BCUT2D eigenvalue weighted by atomic mass is 16.2. The van der Waals surface area contributed by atoms with Crippen molar-refractivity contribution in [1.29, 1.82) is 0 Å². The number of fused-ring (bicyclic) bond motifs is 1. The fraction of sp³-hybridized carbons (Fsp3) is 0.364. The molecule has 4 rings (SSSR count). The Morgan fingerprint density at radius 1 is 1.14 bits per heavy atom. The Hall–Kier alpha value is -2.86. The third-order valence-corrected chi connectivity index (χ3v) is 5.40. The lowest BCUT2D eigenvalue weighted by molar-refractivity contribution is 0.0927. The average molecular weight is 378 g/mol. The van der Waals surface area contributed by atoms with Gasteiger partial charge in [0.15, 0.2) is 0 Å². The van der Waals surface area contributed by atoms with E-state index in [1.807, 2.05) is 19.1 Å². The molecule has 1 saturated heterocycles. The van der Waals surface area contributed by atoms with Crippen molar-refractivity contribution in [2.24, 2.45) is 0 Å². The standard InChI is InChI=1S/C22H26N4O2/c1-16(14-25-11-9-17-5-2-3-6-19(17)15-25)24-21(27)18-7-4-8-20(13-18)26-12-10-23-22(26)28/h2-8,13,16H,9-12,14-15H2,1H3,(H,23,28)(H,24,27). The molecule has 0 saturated carbocycles. The first kappa shape index (κ1) is 18.5. The number of anilines is 1. The molecule has 1 unspecified atom stereocenters. The zero-order valence-electron chi connectivity index (χ0n) is 16.1. The molecule has 28 heavy (non-hydrogen) atoms. The molecular formula is C22H26N4O2. The summed E-state index contributed by atoms with van der Waals surface area (Å²) in [5.41, 5.74) is 4.14. The van der Waals surface area contributed by atoms with Crippen molar-refractivity contribution in [2.75, 3.05) is 31.1 Å². The van der Waals surface area contributed by atoms with Gasteiger partial charge in [0.1, 0.15) is 0 Å². The second-order valence-corrected chi connectivity index (χ2v) is 7.56. The van der Waals surface area contributed by atoms with E-state index in [0.29, 0.717) is 18.7 Å². The molecule has 6 nitrogen and oxygen atoms in total. The molecule has 6 heteroatoms. The van der Waals surface area contributed by atoms with E-state index in [2.05, 4.69) is 39.8 Å². The molecule has 0 aromatic heterocycles. The minimum atomic E-state index is -0.115. The van der Waals surface area contributed by atoms with Crippen LogP contribution in [-0.2, 0) is 13.0 Å². The molecule has 2 aliphatic rings. The number of carbonyl (C=O) groups excluding carboxylic acids is 2. The van der Waals surface area contributed by atoms with Crippen LogP contribution in [0.25, 0.3) is 0 Å². The summed E-state index contributed by atoms with van der Waals surface area (Å²) in [6.07, 6.45) is 1.05. The van der Waals surface area contributed by atoms with Crippen LogP contribution in [0.2, 0.25) is 0 Å². The van der Waals surface area contributed by atoms with Gasteiger partial charge in [-0.15, -0.1) is 0 Å². The van der Waals surface area contributed by atoms with Crippen molar-refractivity contribution >= 4 is 17.6 Å². The Balaban J connectivity index is 1.35. The van der Waals surface area contributed by atoms with Crippen molar-refractivity contribution in [1.82, 2.24) is 15.5 Å². The predicted molar refractivity (Wildman–Crippen MR) is 110 cm³/mol. The predicted octanol–water partition coefficient (Wildman–Crippen LogP) is 2.39. The van der Waals surface area contributed by atoms with E-state index in [0.717, 1.165) is 31.7 Å². The molecule has 1 fully saturated rings. The fourth-order valence-corrected chi connectivity index (χ4v) is 3.98. The Bertz CT molecular complexity index is 882. The molecule has 2 N–H and O–H groups in total. The molecule has 2 aliphatic heterocycles. The SMILES string of the molecule is CC(CN1CCc2ccccc2C1)NC(=O)c1cccc(N2CCNC2=O)c1. The van der Waals surface area contributed by atoms with E-state index < -0.39 is 0 Å². The summed E-state index contributed by atoms with van der Waals surface area (Å²) in [6, 6.07) is 15.7. The summed E-state index contributed by atoms with van der Waals surface area (Å²) in [6.45, 7) is 6.04. The number of hydrogen-bond donors (Lipinski definition) is 2. The molecule has 0 bridgehead atoms. The van der Waals surface area contributed by atoms with E-state index in [1.54, 1.807) is 17.0 Å². The lowest BCUT2D eigenvalue weighted by Gasteiger charge is -2.31. The van der Waals surface area contributed by atoms with Gasteiger partial charge >= 0.3 is 6.03 Å². The maximum Gasteiger partial charge on any atom is 0.321 e. The molecule has 0 aliphatic carbocycles. The third-order valence-electron chi connectivity index (χ3n) is 5.40. The first-order valence-corrected chi connectivity index (χ1v) is 9.85. The highest BCUT2D eigenvalue weighted by Crippen LogP contribution is 2.20. The second kappa shape index (κ2) is 8.02. The molecular weight excluding hydrogens is 352 g/mol. The number of amides is 3. The van der Waals surface area contributed by atoms with Gasteiger partial charge in [-0.1, -0.05) is 30.3 Å². The van der Waals surface area contributed by atoms with Crippen molar-refractivity contribution in [2.45, 2.75) is 25.9 Å². The van der Waals surface area contributed by atoms with Crippen molar-refractivity contribution in [3.63, 3.8) is 0 Å². The third kappa shape index (κ3) is 4.02. The summed E-state index contributed by atoms with van der Waals surface area (Å²) in [7, 11) is 0. The van der Waals surface area contributed by atoms with Gasteiger partial charge in [-0.05, 0) is 42.7 Å². The van der Waals surface area contributed by atoms with E-state index >= 15 is 0 Å². The largest absolute Gasteiger partial charge is 0.348 e.